The molecule has 2 aromatic carbocycles. The lowest BCUT2D eigenvalue weighted by Gasteiger charge is -2.37. The molecule has 0 saturated carbocycles. The van der Waals surface area contributed by atoms with Crippen molar-refractivity contribution in [3.05, 3.63) is 54.4 Å². The van der Waals surface area contributed by atoms with Gasteiger partial charge in [0.25, 0.3) is 0 Å². The number of anilines is 1. The highest BCUT2D eigenvalue weighted by Gasteiger charge is 2.21. The van der Waals surface area contributed by atoms with Gasteiger partial charge in [0.1, 0.15) is 24.2 Å². The van der Waals surface area contributed by atoms with Crippen molar-refractivity contribution in [3.63, 3.8) is 0 Å². The van der Waals surface area contributed by atoms with Crippen molar-refractivity contribution in [3.8, 4) is 23.0 Å². The summed E-state index contributed by atoms with van der Waals surface area (Å²) in [7, 11) is 0. The van der Waals surface area contributed by atoms with Crippen molar-refractivity contribution in [1.82, 2.24) is 15.1 Å². The highest BCUT2D eigenvalue weighted by atomic mass is 16.5. The monoisotopic (exact) mass is 438 g/mol. The maximum Gasteiger partial charge on any atom is 0.247 e. The van der Waals surface area contributed by atoms with Gasteiger partial charge in [0.2, 0.25) is 11.8 Å². The molecule has 2 heterocycles. The predicted octanol–water partition coefficient (Wildman–Crippen LogP) is 3.01. The van der Waals surface area contributed by atoms with Gasteiger partial charge in [-0.2, -0.15) is 0 Å². The fraction of sp³-hybridized carbons (Fsp3) is 0.417. The molecule has 8 nitrogen and oxygen atoms in total. The fourth-order valence-corrected chi connectivity index (χ4v) is 3.84. The lowest BCUT2D eigenvalue weighted by Crippen LogP contribution is -2.49. The minimum atomic E-state index is -0.577. The quantitative estimate of drug-likeness (QED) is 0.546. The summed E-state index contributed by atoms with van der Waals surface area (Å²) >= 11 is 0. The lowest BCUT2D eigenvalue weighted by molar-refractivity contribution is 0.0663. The van der Waals surface area contributed by atoms with Crippen LogP contribution in [0.15, 0.2) is 52.9 Å². The molecule has 4 rings (SSSR count). The molecule has 32 heavy (non-hydrogen) atoms. The molecule has 3 aromatic rings. The van der Waals surface area contributed by atoms with Gasteiger partial charge in [-0.05, 0) is 37.3 Å². The molecule has 0 bridgehead atoms. The van der Waals surface area contributed by atoms with Gasteiger partial charge >= 0.3 is 0 Å². The Morgan fingerprint density at radius 1 is 1.03 bits per heavy atom. The molecule has 1 atom stereocenters. The van der Waals surface area contributed by atoms with Gasteiger partial charge in [0.05, 0.1) is 12.3 Å². The minimum absolute atomic E-state index is 0.222. The second-order valence-corrected chi connectivity index (χ2v) is 7.81. The Bertz CT molecular complexity index is 1000. The lowest BCUT2D eigenvalue weighted by atomic mass is 10.2. The van der Waals surface area contributed by atoms with Crippen LogP contribution in [0.2, 0.25) is 0 Å². The topological polar surface area (TPSA) is 84.1 Å². The number of hydrogen-bond donors (Lipinski definition) is 1. The van der Waals surface area contributed by atoms with Crippen LogP contribution in [0.4, 0.5) is 5.69 Å². The van der Waals surface area contributed by atoms with E-state index in [4.69, 9.17) is 13.9 Å². The zero-order chi connectivity index (χ0) is 22.3. The zero-order valence-electron chi connectivity index (χ0n) is 18.6. The Balaban J connectivity index is 1.25. The second-order valence-electron chi connectivity index (χ2n) is 7.81. The van der Waals surface area contributed by atoms with Crippen LogP contribution in [-0.4, -0.2) is 72.2 Å². The van der Waals surface area contributed by atoms with E-state index >= 15 is 0 Å². The van der Waals surface area contributed by atoms with Gasteiger partial charge < -0.3 is 23.9 Å². The molecule has 170 valence electrons. The summed E-state index contributed by atoms with van der Waals surface area (Å²) in [6.45, 7) is 8.74. The van der Waals surface area contributed by atoms with Gasteiger partial charge in [0.15, 0.2) is 0 Å². The van der Waals surface area contributed by atoms with Gasteiger partial charge in [0, 0.05) is 45.2 Å². The van der Waals surface area contributed by atoms with Crippen molar-refractivity contribution in [2.45, 2.75) is 20.0 Å². The Hall–Kier alpha value is -3.10. The van der Waals surface area contributed by atoms with E-state index < -0.39 is 6.10 Å². The number of aryl methyl sites for hydroxylation is 1. The maximum absolute atomic E-state index is 10.5. The van der Waals surface area contributed by atoms with Crippen LogP contribution in [0.1, 0.15) is 12.8 Å². The van der Waals surface area contributed by atoms with E-state index in [9.17, 15) is 5.11 Å². The van der Waals surface area contributed by atoms with Crippen molar-refractivity contribution in [1.29, 1.82) is 0 Å². The van der Waals surface area contributed by atoms with Crippen LogP contribution in [0.25, 0.3) is 11.5 Å². The number of piperazine rings is 1. The SMILES string of the molecule is CCOc1ccccc1N1CCN(CC(O)COc2cccc(-c3nnc(C)o3)c2)CC1. The van der Waals surface area contributed by atoms with E-state index in [1.807, 2.05) is 49.4 Å². The van der Waals surface area contributed by atoms with Crippen LogP contribution in [0, 0.1) is 6.92 Å². The van der Waals surface area contributed by atoms with Crippen molar-refractivity contribution < 1.29 is 19.0 Å². The van der Waals surface area contributed by atoms with Crippen molar-refractivity contribution >= 4 is 5.69 Å². The number of aromatic nitrogens is 2. The third-order valence-corrected chi connectivity index (χ3v) is 5.40. The number of benzene rings is 2. The Morgan fingerprint density at radius 3 is 2.59 bits per heavy atom. The van der Waals surface area contributed by atoms with Crippen LogP contribution < -0.4 is 14.4 Å². The summed E-state index contributed by atoms with van der Waals surface area (Å²) in [6.07, 6.45) is -0.577. The third-order valence-electron chi connectivity index (χ3n) is 5.40. The number of β-amino-alcohol motifs (C(OH)–C–C–N with tert-alkyl or cyclic N) is 1. The van der Waals surface area contributed by atoms with Crippen molar-refractivity contribution in [2.75, 3.05) is 50.8 Å². The van der Waals surface area contributed by atoms with Gasteiger partial charge in [-0.25, -0.2) is 0 Å². The molecule has 0 amide bonds. The van der Waals surface area contributed by atoms with E-state index in [-0.39, 0.29) is 6.61 Å². The first-order chi connectivity index (χ1) is 15.6. The molecule has 1 fully saturated rings. The summed E-state index contributed by atoms with van der Waals surface area (Å²) in [5.74, 6) is 2.56. The Labute approximate surface area is 188 Å². The first-order valence-electron chi connectivity index (χ1n) is 11.0. The fourth-order valence-electron chi connectivity index (χ4n) is 3.84. The molecular weight excluding hydrogens is 408 g/mol. The molecule has 0 aliphatic carbocycles. The van der Waals surface area contributed by atoms with E-state index in [1.54, 1.807) is 6.92 Å². The number of hydrogen-bond acceptors (Lipinski definition) is 8. The van der Waals surface area contributed by atoms with Gasteiger partial charge in [-0.1, -0.05) is 18.2 Å². The molecule has 0 radical (unpaired) electrons. The van der Waals surface area contributed by atoms with E-state index in [0.717, 1.165) is 43.2 Å². The molecule has 1 aromatic heterocycles. The molecular formula is C24H30N4O4. The van der Waals surface area contributed by atoms with Gasteiger partial charge in [-0.15, -0.1) is 10.2 Å². The summed E-state index contributed by atoms with van der Waals surface area (Å²) < 4.78 is 17.1. The van der Waals surface area contributed by atoms with E-state index in [0.29, 0.717) is 30.7 Å². The number of nitrogens with zero attached hydrogens (tertiary/aromatic N) is 4. The molecule has 0 spiro atoms. The Morgan fingerprint density at radius 2 is 1.84 bits per heavy atom. The first kappa shape index (κ1) is 22.1. The maximum atomic E-state index is 10.5. The molecule has 8 heteroatoms. The van der Waals surface area contributed by atoms with E-state index in [1.165, 1.54) is 0 Å². The number of aliphatic hydroxyl groups is 1. The summed E-state index contributed by atoms with van der Waals surface area (Å²) in [5.41, 5.74) is 1.93. The second kappa shape index (κ2) is 10.5. The van der Waals surface area contributed by atoms with Crippen LogP contribution >= 0.6 is 0 Å². The normalized spacial score (nSPS) is 15.5. The largest absolute Gasteiger partial charge is 0.492 e. The van der Waals surface area contributed by atoms with Gasteiger partial charge in [-0.3, -0.25) is 4.90 Å². The standard InChI is InChI=1S/C24H30N4O4/c1-3-30-23-10-5-4-9-22(23)28-13-11-27(12-14-28)16-20(29)17-31-21-8-6-7-19(15-21)24-26-25-18(2)32-24/h4-10,15,20,29H,3,11-14,16-17H2,1-2H3. The molecule has 1 aliphatic rings. The molecule has 1 unspecified atom stereocenters. The van der Waals surface area contributed by atoms with Crippen LogP contribution in [0.5, 0.6) is 11.5 Å². The smallest absolute Gasteiger partial charge is 0.247 e. The zero-order valence-corrected chi connectivity index (χ0v) is 18.6. The number of aliphatic hydroxyl groups excluding tert-OH is 1. The number of para-hydroxylation sites is 2. The first-order valence-corrected chi connectivity index (χ1v) is 11.0. The molecule has 1 saturated heterocycles. The predicted molar refractivity (Wildman–Crippen MR) is 122 cm³/mol. The van der Waals surface area contributed by atoms with Crippen LogP contribution in [0.3, 0.4) is 0 Å². The average molecular weight is 439 g/mol. The highest BCUT2D eigenvalue weighted by Crippen LogP contribution is 2.29. The summed E-state index contributed by atoms with van der Waals surface area (Å²) in [5, 5.41) is 18.4. The Kier molecular flexibility index (Phi) is 7.24. The molecule has 1 aliphatic heterocycles. The number of ether oxygens (including phenoxy) is 2. The van der Waals surface area contributed by atoms with Crippen molar-refractivity contribution in [2.24, 2.45) is 0 Å². The molecule has 1 N–H and O–H groups in total. The summed E-state index contributed by atoms with van der Waals surface area (Å²) in [6, 6.07) is 15.6. The summed E-state index contributed by atoms with van der Waals surface area (Å²) in [4.78, 5) is 4.61. The van der Waals surface area contributed by atoms with E-state index in [2.05, 4.69) is 26.1 Å². The number of rotatable bonds is 9. The van der Waals surface area contributed by atoms with Crippen LogP contribution in [-0.2, 0) is 0 Å². The minimum Gasteiger partial charge on any atom is -0.492 e. The average Bonchev–Trinajstić information content (AvgIpc) is 3.25. The third kappa shape index (κ3) is 5.57. The highest BCUT2D eigenvalue weighted by molar-refractivity contribution is 5.58.